The molecule has 2 aromatic rings. The molecule has 2 N–H and O–H groups in total. The molecule has 0 amide bonds. The van der Waals surface area contributed by atoms with Gasteiger partial charge in [0.2, 0.25) is 11.8 Å². The van der Waals surface area contributed by atoms with Gasteiger partial charge in [0.1, 0.15) is 0 Å². The van der Waals surface area contributed by atoms with Crippen molar-refractivity contribution in [2.45, 2.75) is 19.9 Å². The molecule has 15 heavy (non-hydrogen) atoms. The lowest BCUT2D eigenvalue weighted by Gasteiger charge is -2.03. The molecule has 0 saturated carbocycles. The summed E-state index contributed by atoms with van der Waals surface area (Å²) in [6, 6.07) is 0. The molecule has 0 atom stereocenters. The van der Waals surface area contributed by atoms with Gasteiger partial charge in [0.25, 0.3) is 0 Å². The first-order valence-electron chi connectivity index (χ1n) is 4.78. The van der Waals surface area contributed by atoms with E-state index in [0.29, 0.717) is 11.4 Å². The zero-order chi connectivity index (χ0) is 10.8. The number of hydrogen-bond donors (Lipinski definition) is 1. The topological polar surface area (TPSA) is 78.8 Å². The number of imidazole rings is 1. The lowest BCUT2D eigenvalue weighted by atomic mass is 10.4. The van der Waals surface area contributed by atoms with E-state index in [9.17, 15) is 0 Å². The quantitative estimate of drug-likeness (QED) is 0.806. The van der Waals surface area contributed by atoms with Crippen molar-refractivity contribution in [1.29, 1.82) is 0 Å². The molecule has 2 aromatic heterocycles. The molecule has 0 bridgehead atoms. The van der Waals surface area contributed by atoms with Crippen LogP contribution in [0.3, 0.4) is 0 Å². The molecule has 0 spiro atoms. The van der Waals surface area contributed by atoms with Gasteiger partial charge >= 0.3 is 0 Å². The van der Waals surface area contributed by atoms with Gasteiger partial charge in [0.05, 0.1) is 13.4 Å². The highest BCUT2D eigenvalue weighted by Gasteiger charge is 2.11. The molecule has 6 nitrogen and oxygen atoms in total. The molecule has 80 valence electrons. The first-order valence-corrected chi connectivity index (χ1v) is 4.78. The Bertz CT molecular complexity index is 479. The van der Waals surface area contributed by atoms with Gasteiger partial charge in [-0.1, -0.05) is 6.92 Å². The normalized spacial score (nSPS) is 10.8. The fourth-order valence-corrected chi connectivity index (χ4v) is 1.48. The van der Waals surface area contributed by atoms with Crippen LogP contribution in [0.4, 0.5) is 5.95 Å². The molecule has 0 radical (unpaired) electrons. The second kappa shape index (κ2) is 3.72. The summed E-state index contributed by atoms with van der Waals surface area (Å²) in [5, 5.41) is 0. The SMILES string of the molecule is CCCn1cnc2c(OC)nc(N)nc21. The van der Waals surface area contributed by atoms with Crippen molar-refractivity contribution in [3.05, 3.63) is 6.33 Å². The maximum Gasteiger partial charge on any atom is 0.246 e. The molecule has 2 rings (SSSR count). The van der Waals surface area contributed by atoms with Crippen molar-refractivity contribution in [2.24, 2.45) is 0 Å². The maximum atomic E-state index is 5.58. The smallest absolute Gasteiger partial charge is 0.246 e. The standard InChI is InChI=1S/C9H13N5O/c1-3-4-14-5-11-6-7(14)12-9(10)13-8(6)15-2/h5H,3-4H2,1-2H3,(H2,10,12,13). The van der Waals surface area contributed by atoms with Gasteiger partial charge in [0, 0.05) is 6.54 Å². The highest BCUT2D eigenvalue weighted by atomic mass is 16.5. The van der Waals surface area contributed by atoms with Gasteiger partial charge in [0.15, 0.2) is 11.2 Å². The molecule has 0 fully saturated rings. The van der Waals surface area contributed by atoms with E-state index >= 15 is 0 Å². The Hall–Kier alpha value is -1.85. The second-order valence-electron chi connectivity index (χ2n) is 3.20. The number of nitrogen functional groups attached to an aromatic ring is 1. The van der Waals surface area contributed by atoms with Gasteiger partial charge in [-0.25, -0.2) is 4.98 Å². The number of anilines is 1. The number of aryl methyl sites for hydroxylation is 1. The van der Waals surface area contributed by atoms with Gasteiger partial charge in [-0.05, 0) is 6.42 Å². The van der Waals surface area contributed by atoms with E-state index in [1.165, 1.54) is 0 Å². The van der Waals surface area contributed by atoms with Gasteiger partial charge in [-0.2, -0.15) is 9.97 Å². The van der Waals surface area contributed by atoms with Crippen LogP contribution in [0.2, 0.25) is 0 Å². The van der Waals surface area contributed by atoms with E-state index in [0.717, 1.165) is 18.6 Å². The first kappa shape index (κ1) is 9.70. The fourth-order valence-electron chi connectivity index (χ4n) is 1.48. The zero-order valence-electron chi connectivity index (χ0n) is 8.77. The highest BCUT2D eigenvalue weighted by Crippen LogP contribution is 2.21. The Morgan fingerprint density at radius 2 is 2.27 bits per heavy atom. The highest BCUT2D eigenvalue weighted by molar-refractivity contribution is 5.77. The van der Waals surface area contributed by atoms with Crippen LogP contribution in [0, 0.1) is 0 Å². The Kier molecular flexibility index (Phi) is 2.40. The first-order chi connectivity index (χ1) is 7.26. The molecule has 6 heteroatoms. The molecule has 0 aliphatic carbocycles. The Labute approximate surface area is 87.1 Å². The van der Waals surface area contributed by atoms with Crippen LogP contribution in [-0.4, -0.2) is 26.6 Å². The Morgan fingerprint density at radius 1 is 1.47 bits per heavy atom. The summed E-state index contributed by atoms with van der Waals surface area (Å²) in [4.78, 5) is 12.3. The van der Waals surface area contributed by atoms with E-state index in [-0.39, 0.29) is 5.95 Å². The number of ether oxygens (including phenoxy) is 1. The number of nitrogens with two attached hydrogens (primary N) is 1. The van der Waals surface area contributed by atoms with E-state index in [1.54, 1.807) is 13.4 Å². The van der Waals surface area contributed by atoms with Crippen molar-refractivity contribution in [3.8, 4) is 5.88 Å². The lowest BCUT2D eigenvalue weighted by Crippen LogP contribution is -2.02. The summed E-state index contributed by atoms with van der Waals surface area (Å²) in [5.41, 5.74) is 6.96. The number of hydrogen-bond acceptors (Lipinski definition) is 5. The minimum atomic E-state index is 0.206. The van der Waals surface area contributed by atoms with Gasteiger partial charge < -0.3 is 15.0 Å². The predicted molar refractivity (Wildman–Crippen MR) is 56.6 cm³/mol. The van der Waals surface area contributed by atoms with Gasteiger partial charge in [-0.15, -0.1) is 0 Å². The van der Waals surface area contributed by atoms with E-state index in [4.69, 9.17) is 10.5 Å². The van der Waals surface area contributed by atoms with Crippen LogP contribution in [0.5, 0.6) is 5.88 Å². The number of methoxy groups -OCH3 is 1. The molecule has 0 unspecified atom stereocenters. The zero-order valence-corrected chi connectivity index (χ0v) is 8.77. The molecular formula is C9H13N5O. The molecule has 2 heterocycles. The molecular weight excluding hydrogens is 194 g/mol. The van der Waals surface area contributed by atoms with Crippen molar-refractivity contribution in [2.75, 3.05) is 12.8 Å². The minimum Gasteiger partial charge on any atom is -0.479 e. The average Bonchev–Trinajstić information content (AvgIpc) is 2.61. The summed E-state index contributed by atoms with van der Waals surface area (Å²) >= 11 is 0. The van der Waals surface area contributed by atoms with Crippen molar-refractivity contribution >= 4 is 17.1 Å². The molecule has 0 aromatic carbocycles. The van der Waals surface area contributed by atoms with Crippen LogP contribution in [-0.2, 0) is 6.54 Å². The number of rotatable bonds is 3. The van der Waals surface area contributed by atoms with Crippen LogP contribution < -0.4 is 10.5 Å². The van der Waals surface area contributed by atoms with Crippen LogP contribution in [0.15, 0.2) is 6.33 Å². The molecule has 0 aliphatic heterocycles. The summed E-state index contributed by atoms with van der Waals surface area (Å²) < 4.78 is 7.03. The number of nitrogens with zero attached hydrogens (tertiary/aromatic N) is 4. The average molecular weight is 207 g/mol. The molecule has 0 saturated heterocycles. The van der Waals surface area contributed by atoms with Crippen LogP contribution in [0.1, 0.15) is 13.3 Å². The third kappa shape index (κ3) is 1.58. The third-order valence-electron chi connectivity index (χ3n) is 2.11. The van der Waals surface area contributed by atoms with Crippen molar-refractivity contribution in [1.82, 2.24) is 19.5 Å². The molecule has 0 aliphatic rings. The van der Waals surface area contributed by atoms with E-state index < -0.39 is 0 Å². The van der Waals surface area contributed by atoms with Gasteiger partial charge in [-0.3, -0.25) is 0 Å². The second-order valence-corrected chi connectivity index (χ2v) is 3.20. The number of aromatic nitrogens is 4. The predicted octanol–water partition coefficient (Wildman–Crippen LogP) is 0.827. The van der Waals surface area contributed by atoms with E-state index in [1.807, 2.05) is 4.57 Å². The fraction of sp³-hybridized carbons (Fsp3) is 0.444. The van der Waals surface area contributed by atoms with E-state index in [2.05, 4.69) is 21.9 Å². The number of fused-ring (bicyclic) bond motifs is 1. The Morgan fingerprint density at radius 3 is 2.93 bits per heavy atom. The summed E-state index contributed by atoms with van der Waals surface area (Å²) in [6.07, 6.45) is 2.74. The van der Waals surface area contributed by atoms with Crippen LogP contribution >= 0.6 is 0 Å². The third-order valence-corrected chi connectivity index (χ3v) is 2.11. The lowest BCUT2D eigenvalue weighted by molar-refractivity contribution is 0.402. The Balaban J connectivity index is 2.64. The van der Waals surface area contributed by atoms with Crippen LogP contribution in [0.25, 0.3) is 11.2 Å². The summed E-state index contributed by atoms with van der Waals surface area (Å²) in [6.45, 7) is 2.95. The van der Waals surface area contributed by atoms with Crippen molar-refractivity contribution < 1.29 is 4.74 Å². The summed E-state index contributed by atoms with van der Waals surface area (Å²) in [7, 11) is 1.54. The largest absolute Gasteiger partial charge is 0.479 e. The summed E-state index contributed by atoms with van der Waals surface area (Å²) in [5.74, 6) is 0.629. The monoisotopic (exact) mass is 207 g/mol. The maximum absolute atomic E-state index is 5.58. The minimum absolute atomic E-state index is 0.206. The van der Waals surface area contributed by atoms with Crippen molar-refractivity contribution in [3.63, 3.8) is 0 Å².